The van der Waals surface area contributed by atoms with Crippen LogP contribution in [0.25, 0.3) is 0 Å². The molecule has 0 atom stereocenters. The summed E-state index contributed by atoms with van der Waals surface area (Å²) in [6.45, 7) is 1.28. The van der Waals surface area contributed by atoms with Crippen LogP contribution in [-0.4, -0.2) is 29.9 Å². The van der Waals surface area contributed by atoms with Crippen LogP contribution in [0.3, 0.4) is 0 Å². The second-order valence-corrected chi connectivity index (χ2v) is 5.90. The number of carbonyl (C=O) groups excluding carboxylic acids is 2. The molecule has 2 amide bonds. The lowest BCUT2D eigenvalue weighted by Gasteiger charge is -2.16. The van der Waals surface area contributed by atoms with Gasteiger partial charge >= 0.3 is 0 Å². The van der Waals surface area contributed by atoms with Crippen molar-refractivity contribution >= 4 is 28.8 Å². The van der Waals surface area contributed by atoms with Crippen molar-refractivity contribution in [3.8, 4) is 0 Å². The molecule has 1 aromatic carbocycles. The molecule has 1 saturated heterocycles. The number of carbonyl (C=O) groups is 2. The van der Waals surface area contributed by atoms with Crippen molar-refractivity contribution in [1.82, 2.24) is 10.3 Å². The topological polar surface area (TPSA) is 62.3 Å². The lowest BCUT2D eigenvalue weighted by atomic mass is 10.1. The standard InChI is InChI=1S/C16H17N3O2S/c20-15-5-2-8-19(15)14-4-1-3-12(9-14)16(21)17-7-6-13-10-22-11-18-13/h1,3-4,9-11H,2,5-8H2,(H,17,21). The molecular formula is C16H17N3O2S. The summed E-state index contributed by atoms with van der Waals surface area (Å²) in [5.74, 6) is 0.00446. The zero-order chi connectivity index (χ0) is 15.4. The quantitative estimate of drug-likeness (QED) is 0.920. The van der Waals surface area contributed by atoms with Gasteiger partial charge in [-0.3, -0.25) is 9.59 Å². The number of anilines is 1. The summed E-state index contributed by atoms with van der Waals surface area (Å²) in [4.78, 5) is 29.9. The second-order valence-electron chi connectivity index (χ2n) is 5.18. The summed E-state index contributed by atoms with van der Waals surface area (Å²) in [6.07, 6.45) is 2.19. The number of nitrogens with one attached hydrogen (secondary N) is 1. The van der Waals surface area contributed by atoms with Gasteiger partial charge in [0.15, 0.2) is 0 Å². The van der Waals surface area contributed by atoms with Gasteiger partial charge in [0.25, 0.3) is 5.91 Å². The van der Waals surface area contributed by atoms with Crippen LogP contribution >= 0.6 is 11.3 Å². The molecule has 2 aromatic rings. The van der Waals surface area contributed by atoms with Crippen LogP contribution in [0.15, 0.2) is 35.2 Å². The maximum Gasteiger partial charge on any atom is 0.251 e. The van der Waals surface area contributed by atoms with Crippen molar-refractivity contribution in [2.45, 2.75) is 19.3 Å². The van der Waals surface area contributed by atoms with Gasteiger partial charge in [0.1, 0.15) is 0 Å². The molecule has 1 aromatic heterocycles. The van der Waals surface area contributed by atoms with Gasteiger partial charge in [-0.1, -0.05) is 6.07 Å². The molecule has 0 unspecified atom stereocenters. The number of benzene rings is 1. The monoisotopic (exact) mass is 315 g/mol. The number of thiazole rings is 1. The Morgan fingerprint density at radius 3 is 3.05 bits per heavy atom. The fourth-order valence-electron chi connectivity index (χ4n) is 2.50. The van der Waals surface area contributed by atoms with Crippen LogP contribution in [0.5, 0.6) is 0 Å². The van der Waals surface area contributed by atoms with Crippen LogP contribution in [0, 0.1) is 0 Å². The Morgan fingerprint density at radius 2 is 2.32 bits per heavy atom. The average molecular weight is 315 g/mol. The van der Waals surface area contributed by atoms with E-state index < -0.39 is 0 Å². The lowest BCUT2D eigenvalue weighted by molar-refractivity contribution is -0.117. The predicted octanol–water partition coefficient (Wildman–Crippen LogP) is 2.24. The molecule has 0 spiro atoms. The fraction of sp³-hybridized carbons (Fsp3) is 0.312. The summed E-state index contributed by atoms with van der Waals surface area (Å²) >= 11 is 1.55. The molecule has 0 bridgehead atoms. The Morgan fingerprint density at radius 1 is 1.41 bits per heavy atom. The first-order valence-electron chi connectivity index (χ1n) is 7.30. The molecule has 22 heavy (non-hydrogen) atoms. The summed E-state index contributed by atoms with van der Waals surface area (Å²) in [5, 5.41) is 4.87. The first-order valence-corrected chi connectivity index (χ1v) is 8.24. The molecule has 0 radical (unpaired) electrons. The van der Waals surface area contributed by atoms with Crippen molar-refractivity contribution in [1.29, 1.82) is 0 Å². The van der Waals surface area contributed by atoms with E-state index in [0.717, 1.165) is 30.8 Å². The zero-order valence-corrected chi connectivity index (χ0v) is 12.9. The molecule has 3 rings (SSSR count). The highest BCUT2D eigenvalue weighted by atomic mass is 32.1. The minimum absolute atomic E-state index is 0.122. The Balaban J connectivity index is 1.61. The highest BCUT2D eigenvalue weighted by molar-refractivity contribution is 7.07. The second kappa shape index (κ2) is 6.70. The number of amides is 2. The SMILES string of the molecule is O=C(NCCc1cscn1)c1cccc(N2CCCC2=O)c1. The maximum absolute atomic E-state index is 12.2. The van der Waals surface area contributed by atoms with Crippen molar-refractivity contribution in [3.05, 3.63) is 46.4 Å². The smallest absolute Gasteiger partial charge is 0.251 e. The lowest BCUT2D eigenvalue weighted by Crippen LogP contribution is -2.27. The molecular weight excluding hydrogens is 298 g/mol. The van der Waals surface area contributed by atoms with Gasteiger partial charge in [0.05, 0.1) is 11.2 Å². The van der Waals surface area contributed by atoms with Crippen LogP contribution in [0.4, 0.5) is 5.69 Å². The summed E-state index contributed by atoms with van der Waals surface area (Å²) in [5.41, 5.74) is 4.15. The number of aromatic nitrogens is 1. The number of hydrogen-bond donors (Lipinski definition) is 1. The molecule has 0 saturated carbocycles. The highest BCUT2D eigenvalue weighted by Gasteiger charge is 2.22. The van der Waals surface area contributed by atoms with Crippen LogP contribution in [0.1, 0.15) is 28.9 Å². The van der Waals surface area contributed by atoms with Crippen molar-refractivity contribution in [2.24, 2.45) is 0 Å². The van der Waals surface area contributed by atoms with Gasteiger partial charge in [-0.25, -0.2) is 4.98 Å². The number of rotatable bonds is 5. The van der Waals surface area contributed by atoms with Crippen LogP contribution in [-0.2, 0) is 11.2 Å². The number of nitrogens with zero attached hydrogens (tertiary/aromatic N) is 2. The summed E-state index contributed by atoms with van der Waals surface area (Å²) in [6, 6.07) is 7.23. The van der Waals surface area contributed by atoms with Crippen LogP contribution < -0.4 is 10.2 Å². The van der Waals surface area contributed by atoms with Gasteiger partial charge in [-0.2, -0.15) is 0 Å². The molecule has 1 aliphatic rings. The minimum Gasteiger partial charge on any atom is -0.352 e. The first-order chi connectivity index (χ1) is 10.7. The Labute approximate surface area is 133 Å². The van der Waals surface area contributed by atoms with E-state index >= 15 is 0 Å². The Hall–Kier alpha value is -2.21. The Kier molecular flexibility index (Phi) is 4.48. The molecule has 114 valence electrons. The van der Waals surface area contributed by atoms with Gasteiger partial charge in [-0.05, 0) is 24.6 Å². The average Bonchev–Trinajstić information content (AvgIpc) is 3.19. The molecule has 1 N–H and O–H groups in total. The molecule has 2 heterocycles. The van der Waals surface area contributed by atoms with E-state index in [4.69, 9.17) is 0 Å². The number of hydrogen-bond acceptors (Lipinski definition) is 4. The van der Waals surface area contributed by atoms with E-state index in [1.165, 1.54) is 0 Å². The third-order valence-corrected chi connectivity index (χ3v) is 4.28. The summed E-state index contributed by atoms with van der Waals surface area (Å²) < 4.78 is 0. The summed E-state index contributed by atoms with van der Waals surface area (Å²) in [7, 11) is 0. The van der Waals surface area contributed by atoms with E-state index in [-0.39, 0.29) is 11.8 Å². The van der Waals surface area contributed by atoms with E-state index in [1.54, 1.807) is 33.9 Å². The first kappa shape index (κ1) is 14.7. The normalized spacial score (nSPS) is 14.4. The molecule has 1 fully saturated rings. The van der Waals surface area contributed by atoms with Crippen LogP contribution in [0.2, 0.25) is 0 Å². The van der Waals surface area contributed by atoms with E-state index in [9.17, 15) is 9.59 Å². The van der Waals surface area contributed by atoms with Crippen molar-refractivity contribution in [3.63, 3.8) is 0 Å². The van der Waals surface area contributed by atoms with Crippen molar-refractivity contribution < 1.29 is 9.59 Å². The predicted molar refractivity (Wildman–Crippen MR) is 86.2 cm³/mol. The van der Waals surface area contributed by atoms with Gasteiger partial charge in [0, 0.05) is 42.6 Å². The van der Waals surface area contributed by atoms with E-state index in [1.807, 2.05) is 17.5 Å². The molecule has 6 heteroatoms. The highest BCUT2D eigenvalue weighted by Crippen LogP contribution is 2.22. The minimum atomic E-state index is -0.122. The molecule has 5 nitrogen and oxygen atoms in total. The third kappa shape index (κ3) is 3.33. The van der Waals surface area contributed by atoms with Gasteiger partial charge in [0.2, 0.25) is 5.91 Å². The Bertz CT molecular complexity index is 670. The van der Waals surface area contributed by atoms with Crippen molar-refractivity contribution in [2.75, 3.05) is 18.0 Å². The molecule has 0 aliphatic carbocycles. The largest absolute Gasteiger partial charge is 0.352 e. The molecule has 1 aliphatic heterocycles. The third-order valence-electron chi connectivity index (χ3n) is 3.64. The van der Waals surface area contributed by atoms with Gasteiger partial charge < -0.3 is 10.2 Å². The van der Waals surface area contributed by atoms with E-state index in [0.29, 0.717) is 18.5 Å². The van der Waals surface area contributed by atoms with Gasteiger partial charge in [-0.15, -0.1) is 11.3 Å². The fourth-order valence-corrected chi connectivity index (χ4v) is 3.10. The zero-order valence-electron chi connectivity index (χ0n) is 12.1. The maximum atomic E-state index is 12.2. The van der Waals surface area contributed by atoms with E-state index in [2.05, 4.69) is 10.3 Å².